The maximum atomic E-state index is 12.1. The van der Waals surface area contributed by atoms with E-state index in [1.807, 2.05) is 6.07 Å². The fraction of sp³-hybridized carbons (Fsp3) is 0.188. The minimum absolute atomic E-state index is 0.206. The van der Waals surface area contributed by atoms with Gasteiger partial charge in [-0.15, -0.1) is 5.54 Å². The number of H-pyrrole nitrogens is 1. The van der Waals surface area contributed by atoms with Crippen LogP contribution in [0.3, 0.4) is 0 Å². The Labute approximate surface area is 128 Å². The number of carboxylic acids is 1. The number of aromatic nitrogens is 1. The number of carbonyl (C=O) groups is 1. The van der Waals surface area contributed by atoms with Gasteiger partial charge in [0.05, 0.1) is 11.1 Å². The second-order valence-corrected chi connectivity index (χ2v) is 10.7. The number of rotatable bonds is 1. The first-order valence-electron chi connectivity index (χ1n) is 6.59. The van der Waals surface area contributed by atoms with Crippen molar-refractivity contribution >= 4 is 24.9 Å². The number of aromatic amines is 1. The lowest BCUT2D eigenvalue weighted by Crippen LogP contribution is -2.16. The Balaban J connectivity index is 2.78. The predicted octanol–water partition coefficient (Wildman–Crippen LogP) is 2.33. The number of hydrogen-bond donors (Lipinski definition) is 2. The average Bonchev–Trinajstić information content (AvgIpc) is 2.43. The highest BCUT2D eigenvalue weighted by molar-refractivity contribution is 6.83. The fourth-order valence-corrected chi connectivity index (χ4v) is 2.41. The number of hydrogen-bond acceptors (Lipinski definition) is 3. The SMILES string of the molecule is C[Si](C)(C)C#Cc1cc(C#N)c2[nH]c(C(=O)O)cc(=O)c2c1. The van der Waals surface area contributed by atoms with E-state index in [0.717, 1.165) is 6.07 Å². The summed E-state index contributed by atoms with van der Waals surface area (Å²) in [6, 6.07) is 6.15. The van der Waals surface area contributed by atoms with E-state index in [1.165, 1.54) is 0 Å². The Morgan fingerprint density at radius 3 is 2.50 bits per heavy atom. The molecule has 0 unspecified atom stereocenters. The largest absolute Gasteiger partial charge is 0.477 e. The summed E-state index contributed by atoms with van der Waals surface area (Å²) in [5.41, 5.74) is 3.51. The van der Waals surface area contributed by atoms with Crippen LogP contribution in [0.15, 0.2) is 23.0 Å². The fourth-order valence-electron chi connectivity index (χ4n) is 1.89. The molecule has 0 amide bonds. The number of fused-ring (bicyclic) bond motifs is 1. The molecule has 1 aromatic heterocycles. The molecule has 5 nitrogen and oxygen atoms in total. The lowest BCUT2D eigenvalue weighted by atomic mass is 10.1. The van der Waals surface area contributed by atoms with Crippen molar-refractivity contribution in [1.82, 2.24) is 4.98 Å². The predicted molar refractivity (Wildman–Crippen MR) is 86.5 cm³/mol. The highest BCUT2D eigenvalue weighted by Crippen LogP contribution is 2.17. The third kappa shape index (κ3) is 3.25. The van der Waals surface area contributed by atoms with Gasteiger partial charge in [0.15, 0.2) is 5.43 Å². The molecule has 0 fully saturated rings. The minimum Gasteiger partial charge on any atom is -0.477 e. The molecule has 1 heterocycles. The minimum atomic E-state index is -1.58. The third-order valence-corrected chi connectivity index (χ3v) is 3.75. The van der Waals surface area contributed by atoms with Gasteiger partial charge in [-0.05, 0) is 12.1 Å². The van der Waals surface area contributed by atoms with Gasteiger partial charge in [-0.25, -0.2) is 4.79 Å². The highest BCUT2D eigenvalue weighted by atomic mass is 28.3. The van der Waals surface area contributed by atoms with Crippen LogP contribution in [0.5, 0.6) is 0 Å². The molecule has 2 rings (SSSR count). The summed E-state index contributed by atoms with van der Waals surface area (Å²) in [5, 5.41) is 18.5. The first-order valence-corrected chi connectivity index (χ1v) is 10.1. The smallest absolute Gasteiger partial charge is 0.352 e. The van der Waals surface area contributed by atoms with E-state index in [0.29, 0.717) is 5.56 Å². The highest BCUT2D eigenvalue weighted by Gasteiger charge is 2.12. The van der Waals surface area contributed by atoms with Crippen molar-refractivity contribution in [3.8, 4) is 17.5 Å². The second kappa shape index (κ2) is 5.51. The Morgan fingerprint density at radius 2 is 1.95 bits per heavy atom. The number of nitrogens with one attached hydrogen (secondary N) is 1. The molecule has 0 bridgehead atoms. The van der Waals surface area contributed by atoms with Crippen molar-refractivity contribution in [3.05, 3.63) is 45.2 Å². The van der Waals surface area contributed by atoms with Gasteiger partial charge < -0.3 is 10.1 Å². The average molecular weight is 310 g/mol. The Bertz CT molecular complexity index is 934. The van der Waals surface area contributed by atoms with Crippen LogP contribution in [-0.2, 0) is 0 Å². The van der Waals surface area contributed by atoms with Crippen molar-refractivity contribution in [2.45, 2.75) is 19.6 Å². The lowest BCUT2D eigenvalue weighted by Gasteiger charge is -2.05. The molecule has 6 heteroatoms. The molecule has 110 valence electrons. The van der Waals surface area contributed by atoms with Gasteiger partial charge in [-0.3, -0.25) is 4.79 Å². The molecule has 0 saturated heterocycles. The Kier molecular flexibility index (Phi) is 3.90. The molecular weight excluding hydrogens is 296 g/mol. The topological polar surface area (TPSA) is 93.9 Å². The summed E-state index contributed by atoms with van der Waals surface area (Å²) in [6.07, 6.45) is 0. The third-order valence-electron chi connectivity index (χ3n) is 2.87. The lowest BCUT2D eigenvalue weighted by molar-refractivity contribution is 0.0691. The van der Waals surface area contributed by atoms with Crippen molar-refractivity contribution in [3.63, 3.8) is 0 Å². The van der Waals surface area contributed by atoms with Crippen LogP contribution in [0.2, 0.25) is 19.6 Å². The summed E-state index contributed by atoms with van der Waals surface area (Å²) in [4.78, 5) is 25.7. The molecule has 0 saturated carbocycles. The van der Waals surface area contributed by atoms with Gasteiger partial charge in [0.25, 0.3) is 0 Å². The van der Waals surface area contributed by atoms with Crippen molar-refractivity contribution in [2.24, 2.45) is 0 Å². The van der Waals surface area contributed by atoms with E-state index in [4.69, 9.17) is 5.11 Å². The van der Waals surface area contributed by atoms with Crippen LogP contribution in [0.4, 0.5) is 0 Å². The van der Waals surface area contributed by atoms with Gasteiger partial charge in [-0.2, -0.15) is 5.26 Å². The number of nitrogens with zero attached hydrogens (tertiary/aromatic N) is 1. The van der Waals surface area contributed by atoms with Gasteiger partial charge in [0.1, 0.15) is 19.8 Å². The molecule has 0 aliphatic carbocycles. The van der Waals surface area contributed by atoms with Crippen LogP contribution in [-0.4, -0.2) is 24.1 Å². The molecule has 0 atom stereocenters. The van der Waals surface area contributed by atoms with Crippen LogP contribution in [0.25, 0.3) is 10.9 Å². The van der Waals surface area contributed by atoms with E-state index in [-0.39, 0.29) is 22.2 Å². The summed E-state index contributed by atoms with van der Waals surface area (Å²) in [5.74, 6) is 1.76. The Hall–Kier alpha value is -2.83. The quantitative estimate of drug-likeness (QED) is 0.624. The zero-order chi connectivity index (χ0) is 16.5. The van der Waals surface area contributed by atoms with E-state index >= 15 is 0 Å². The van der Waals surface area contributed by atoms with Crippen molar-refractivity contribution < 1.29 is 9.90 Å². The number of carboxylic acid groups (broad SMARTS) is 1. The second-order valence-electron chi connectivity index (χ2n) is 5.91. The first-order chi connectivity index (χ1) is 10.2. The summed E-state index contributed by atoms with van der Waals surface area (Å²) < 4.78 is 0. The summed E-state index contributed by atoms with van der Waals surface area (Å²) in [6.45, 7) is 6.29. The number of benzene rings is 1. The molecule has 1 aromatic carbocycles. The first kappa shape index (κ1) is 15.6. The van der Waals surface area contributed by atoms with Gasteiger partial charge >= 0.3 is 5.97 Å². The molecule has 22 heavy (non-hydrogen) atoms. The van der Waals surface area contributed by atoms with E-state index < -0.39 is 19.5 Å². The number of pyridine rings is 1. The van der Waals surface area contributed by atoms with Crippen LogP contribution in [0, 0.1) is 22.8 Å². The molecule has 0 aliphatic heterocycles. The Morgan fingerprint density at radius 1 is 1.27 bits per heavy atom. The number of nitriles is 1. The van der Waals surface area contributed by atoms with E-state index in [1.54, 1.807) is 12.1 Å². The van der Waals surface area contributed by atoms with E-state index in [2.05, 4.69) is 36.1 Å². The van der Waals surface area contributed by atoms with Crippen LogP contribution < -0.4 is 5.43 Å². The monoisotopic (exact) mass is 310 g/mol. The van der Waals surface area contributed by atoms with Crippen molar-refractivity contribution in [1.29, 1.82) is 5.26 Å². The van der Waals surface area contributed by atoms with Crippen molar-refractivity contribution in [2.75, 3.05) is 0 Å². The molecule has 0 radical (unpaired) electrons. The normalized spacial score (nSPS) is 10.6. The molecule has 0 aliphatic rings. The maximum Gasteiger partial charge on any atom is 0.352 e. The zero-order valence-corrected chi connectivity index (χ0v) is 13.4. The summed E-state index contributed by atoms with van der Waals surface area (Å²) >= 11 is 0. The van der Waals surface area contributed by atoms with Gasteiger partial charge in [-0.1, -0.05) is 25.6 Å². The van der Waals surface area contributed by atoms with Crippen LogP contribution >= 0.6 is 0 Å². The van der Waals surface area contributed by atoms with Gasteiger partial charge in [0.2, 0.25) is 0 Å². The maximum absolute atomic E-state index is 12.1. The van der Waals surface area contributed by atoms with Gasteiger partial charge in [0, 0.05) is 17.0 Å². The van der Waals surface area contributed by atoms with Crippen LogP contribution in [0.1, 0.15) is 21.6 Å². The molecule has 2 N–H and O–H groups in total. The summed E-state index contributed by atoms with van der Waals surface area (Å²) in [7, 11) is -1.58. The zero-order valence-electron chi connectivity index (χ0n) is 12.4. The standard InChI is InChI=1S/C16H14N2O3Si/c1-22(2,3)5-4-10-6-11(9-17)15-12(7-10)14(19)8-13(18-15)16(20)21/h6-8H,1-3H3,(H,18,19)(H,20,21). The number of aromatic carboxylic acids is 1. The van der Waals surface area contributed by atoms with E-state index in [9.17, 15) is 14.9 Å². The molecular formula is C16H14N2O3Si. The molecule has 0 spiro atoms. The molecule has 2 aromatic rings.